The molecule has 0 amide bonds. The second kappa shape index (κ2) is 32.1. The number of methoxy groups -OCH3 is 1. The summed E-state index contributed by atoms with van der Waals surface area (Å²) in [5, 5.41) is 0. The summed E-state index contributed by atoms with van der Waals surface area (Å²) in [7, 11) is 4.16. The summed E-state index contributed by atoms with van der Waals surface area (Å²) in [6.45, 7) is 16.7. The first-order valence-corrected chi connectivity index (χ1v) is 21.0. The number of hydrogen-bond donors (Lipinski definition) is 0. The van der Waals surface area contributed by atoms with Crippen LogP contribution in [-0.4, -0.2) is 50.0 Å². The first-order valence-electron chi connectivity index (χ1n) is 21.0. The molecule has 0 aromatic heterocycles. The number of ether oxygens (including phenoxy) is 2. The first kappa shape index (κ1) is 45.9. The Bertz CT molecular complexity index is 576. The van der Waals surface area contributed by atoms with Crippen LogP contribution in [0.2, 0.25) is 0 Å². The topological polar surface area (TPSA) is 21.7 Å². The Hall–Kier alpha value is -0.120. The Morgan fingerprint density at radius 3 is 1.22 bits per heavy atom. The lowest BCUT2D eigenvalue weighted by molar-refractivity contribution is -0.0623. The molecule has 0 radical (unpaired) electrons. The Labute approximate surface area is 292 Å². The van der Waals surface area contributed by atoms with E-state index >= 15 is 0 Å². The lowest BCUT2D eigenvalue weighted by Crippen LogP contribution is -2.32. The van der Waals surface area contributed by atoms with Gasteiger partial charge in [-0.1, -0.05) is 168 Å². The van der Waals surface area contributed by atoms with E-state index in [1.54, 1.807) is 7.11 Å². The minimum absolute atomic E-state index is 0.0613. The van der Waals surface area contributed by atoms with Crippen molar-refractivity contribution in [2.24, 2.45) is 5.92 Å². The summed E-state index contributed by atoms with van der Waals surface area (Å²) in [5.74, 6) is 0.872. The van der Waals surface area contributed by atoms with E-state index in [-0.39, 0.29) is 11.2 Å². The first-order chi connectivity index (χ1) is 22.2. The van der Waals surface area contributed by atoms with Crippen LogP contribution in [0.1, 0.15) is 228 Å². The largest absolute Gasteiger partial charge is 0.379 e. The van der Waals surface area contributed by atoms with E-state index in [9.17, 15) is 0 Å². The van der Waals surface area contributed by atoms with Crippen molar-refractivity contribution >= 4 is 0 Å². The van der Waals surface area contributed by atoms with Gasteiger partial charge in [0, 0.05) is 13.7 Å². The van der Waals surface area contributed by atoms with Gasteiger partial charge in [0.25, 0.3) is 0 Å². The van der Waals surface area contributed by atoms with E-state index in [2.05, 4.69) is 53.5 Å². The summed E-state index contributed by atoms with van der Waals surface area (Å²) in [4.78, 5) is 2.63. The maximum atomic E-state index is 6.28. The lowest BCUT2D eigenvalue weighted by Gasteiger charge is -2.30. The van der Waals surface area contributed by atoms with E-state index in [0.717, 1.165) is 25.4 Å². The lowest BCUT2D eigenvalue weighted by atomic mass is 9.93. The second-order valence-electron chi connectivity index (χ2n) is 16.4. The van der Waals surface area contributed by atoms with Gasteiger partial charge in [-0.25, -0.2) is 0 Å². The quantitative estimate of drug-likeness (QED) is 0.0624. The van der Waals surface area contributed by atoms with Gasteiger partial charge in [-0.05, 0) is 79.3 Å². The maximum absolute atomic E-state index is 6.28. The van der Waals surface area contributed by atoms with Crippen molar-refractivity contribution in [2.45, 2.75) is 239 Å². The molecule has 0 bridgehead atoms. The van der Waals surface area contributed by atoms with Crippen LogP contribution in [0, 0.1) is 5.92 Å². The minimum Gasteiger partial charge on any atom is -0.379 e. The molecule has 0 aliphatic heterocycles. The Kier molecular flexibility index (Phi) is 32.0. The van der Waals surface area contributed by atoms with E-state index in [0.29, 0.717) is 0 Å². The van der Waals surface area contributed by atoms with Crippen molar-refractivity contribution in [3.8, 4) is 0 Å². The maximum Gasteiger partial charge on any atom is 0.0644 e. The third-order valence-corrected chi connectivity index (χ3v) is 10.6. The van der Waals surface area contributed by atoms with Gasteiger partial charge in [-0.15, -0.1) is 0 Å². The van der Waals surface area contributed by atoms with Crippen LogP contribution in [0.3, 0.4) is 0 Å². The molecular formula is C43H89NO2. The van der Waals surface area contributed by atoms with E-state index in [4.69, 9.17) is 9.47 Å². The summed E-state index contributed by atoms with van der Waals surface area (Å²) >= 11 is 0. The van der Waals surface area contributed by atoms with Crippen LogP contribution in [-0.2, 0) is 9.47 Å². The van der Waals surface area contributed by atoms with Crippen molar-refractivity contribution in [3.63, 3.8) is 0 Å². The molecule has 46 heavy (non-hydrogen) atoms. The fourth-order valence-corrected chi connectivity index (χ4v) is 6.93. The monoisotopic (exact) mass is 652 g/mol. The van der Waals surface area contributed by atoms with Gasteiger partial charge < -0.3 is 14.4 Å². The van der Waals surface area contributed by atoms with Gasteiger partial charge in [0.2, 0.25) is 0 Å². The van der Waals surface area contributed by atoms with Crippen LogP contribution < -0.4 is 0 Å². The van der Waals surface area contributed by atoms with E-state index in [1.165, 1.54) is 186 Å². The highest BCUT2D eigenvalue weighted by Crippen LogP contribution is 2.23. The zero-order valence-electron chi connectivity index (χ0n) is 33.5. The molecule has 0 unspecified atom stereocenters. The molecule has 0 aromatic rings. The fourth-order valence-electron chi connectivity index (χ4n) is 6.93. The number of hydrogen-bond acceptors (Lipinski definition) is 3. The van der Waals surface area contributed by atoms with Crippen LogP contribution in [0.15, 0.2) is 0 Å². The van der Waals surface area contributed by atoms with E-state index < -0.39 is 0 Å². The SMILES string of the molecule is CCCCCCCCCCCCCCC(CCCCCCCCCCCCCC)CN(C)CCCC(C)(C)OCCC(C)(C)OC. The van der Waals surface area contributed by atoms with Crippen molar-refractivity contribution in [1.29, 1.82) is 0 Å². The van der Waals surface area contributed by atoms with Gasteiger partial charge in [0.05, 0.1) is 17.8 Å². The molecular weight excluding hydrogens is 562 g/mol. The summed E-state index contributed by atoms with van der Waals surface area (Å²) in [6.07, 6.45) is 40.8. The normalized spacial score (nSPS) is 12.7. The molecule has 3 heteroatoms. The highest BCUT2D eigenvalue weighted by molar-refractivity contribution is 4.73. The zero-order chi connectivity index (χ0) is 34.2. The van der Waals surface area contributed by atoms with E-state index in [1.807, 2.05) is 0 Å². The van der Waals surface area contributed by atoms with Gasteiger partial charge in [0.15, 0.2) is 0 Å². The molecule has 0 aliphatic carbocycles. The van der Waals surface area contributed by atoms with Crippen LogP contribution in [0.5, 0.6) is 0 Å². The predicted molar refractivity (Wildman–Crippen MR) is 207 cm³/mol. The Balaban J connectivity index is 4.32. The molecule has 0 N–H and O–H groups in total. The van der Waals surface area contributed by atoms with Crippen molar-refractivity contribution < 1.29 is 9.47 Å². The Morgan fingerprint density at radius 2 is 0.848 bits per heavy atom. The van der Waals surface area contributed by atoms with Gasteiger partial charge in [0.1, 0.15) is 0 Å². The average molecular weight is 652 g/mol. The molecule has 0 heterocycles. The molecule has 0 fully saturated rings. The number of unbranched alkanes of at least 4 members (excludes halogenated alkanes) is 22. The van der Waals surface area contributed by atoms with Crippen LogP contribution in [0.25, 0.3) is 0 Å². The number of nitrogens with zero attached hydrogens (tertiary/aromatic N) is 1. The molecule has 0 saturated carbocycles. The highest BCUT2D eigenvalue weighted by atomic mass is 16.5. The van der Waals surface area contributed by atoms with Gasteiger partial charge >= 0.3 is 0 Å². The molecule has 278 valence electrons. The standard InChI is InChI=1S/C43H89NO2/c1-9-11-13-15-17-19-21-23-25-27-29-31-34-41(35-32-30-28-26-24-22-20-18-16-14-12-10-2)40-44(7)38-33-36-43(5,6)46-39-37-42(3,4)45-8/h41H,9-40H2,1-8H3. The third-order valence-electron chi connectivity index (χ3n) is 10.6. The molecule has 0 atom stereocenters. The summed E-state index contributed by atoms with van der Waals surface area (Å²) in [6, 6.07) is 0. The van der Waals surface area contributed by atoms with Crippen molar-refractivity contribution in [3.05, 3.63) is 0 Å². The van der Waals surface area contributed by atoms with Gasteiger partial charge in [-0.3, -0.25) is 0 Å². The smallest absolute Gasteiger partial charge is 0.0644 e. The summed E-state index contributed by atoms with van der Waals surface area (Å²) < 4.78 is 11.8. The minimum atomic E-state index is -0.105. The predicted octanol–water partition coefficient (Wildman–Crippen LogP) is 14.1. The second-order valence-corrected chi connectivity index (χ2v) is 16.4. The average Bonchev–Trinajstić information content (AvgIpc) is 3.01. The van der Waals surface area contributed by atoms with Crippen molar-refractivity contribution in [1.82, 2.24) is 4.90 Å². The molecule has 0 saturated heterocycles. The molecule has 0 aliphatic rings. The molecule has 0 aromatic carbocycles. The molecule has 3 nitrogen and oxygen atoms in total. The van der Waals surface area contributed by atoms with Crippen molar-refractivity contribution in [2.75, 3.05) is 33.9 Å². The molecule has 0 spiro atoms. The fraction of sp³-hybridized carbons (Fsp3) is 1.00. The third kappa shape index (κ3) is 32.4. The highest BCUT2D eigenvalue weighted by Gasteiger charge is 2.22. The molecule has 0 rings (SSSR count). The summed E-state index contributed by atoms with van der Waals surface area (Å²) in [5.41, 5.74) is -0.166. The van der Waals surface area contributed by atoms with Crippen LogP contribution >= 0.6 is 0 Å². The Morgan fingerprint density at radius 1 is 0.478 bits per heavy atom. The van der Waals surface area contributed by atoms with Crippen LogP contribution in [0.4, 0.5) is 0 Å². The number of rotatable bonds is 37. The van der Waals surface area contributed by atoms with Gasteiger partial charge in [-0.2, -0.15) is 0 Å². The zero-order valence-corrected chi connectivity index (χ0v) is 33.5.